The third-order valence-electron chi connectivity index (χ3n) is 6.07. The normalized spacial score (nSPS) is 15.9. The zero-order chi connectivity index (χ0) is 25.1. The van der Waals surface area contributed by atoms with Crippen molar-refractivity contribution in [2.24, 2.45) is 12.8 Å². The van der Waals surface area contributed by atoms with Gasteiger partial charge in [-0.25, -0.2) is 9.36 Å². The zero-order valence-electron chi connectivity index (χ0n) is 20.3. The van der Waals surface area contributed by atoms with Crippen LogP contribution < -0.4 is 21.9 Å². The molecule has 186 valence electrons. The van der Waals surface area contributed by atoms with Crippen LogP contribution in [0.1, 0.15) is 32.3 Å². The van der Waals surface area contributed by atoms with Crippen molar-refractivity contribution in [3.05, 3.63) is 62.6 Å². The molecule has 0 radical (unpaired) electrons. The van der Waals surface area contributed by atoms with E-state index in [2.05, 4.69) is 9.88 Å². The summed E-state index contributed by atoms with van der Waals surface area (Å²) in [5.74, 6) is -0.0873. The third-order valence-corrected chi connectivity index (χ3v) is 6.07. The molecule has 0 bridgehead atoms. The van der Waals surface area contributed by atoms with Crippen molar-refractivity contribution in [2.75, 3.05) is 18.0 Å². The molecule has 3 aromatic rings. The van der Waals surface area contributed by atoms with Gasteiger partial charge in [-0.15, -0.1) is 0 Å². The quantitative estimate of drug-likeness (QED) is 0.390. The van der Waals surface area contributed by atoms with E-state index in [-0.39, 0.29) is 23.8 Å². The van der Waals surface area contributed by atoms with E-state index in [1.54, 1.807) is 36.1 Å². The molecule has 0 aliphatic carbocycles. The highest BCUT2D eigenvalue weighted by molar-refractivity contribution is 5.75. The maximum atomic E-state index is 13.5. The molecule has 1 atom stereocenters. The smallest absolute Gasteiger partial charge is 0.333 e. The molecule has 11 heteroatoms. The molecule has 0 saturated carbocycles. The van der Waals surface area contributed by atoms with Crippen LogP contribution in [-0.4, -0.2) is 48.8 Å². The maximum absolute atomic E-state index is 13.5. The van der Waals surface area contributed by atoms with E-state index >= 15 is 0 Å². The van der Waals surface area contributed by atoms with Crippen molar-refractivity contribution >= 4 is 23.1 Å². The Bertz CT molecular complexity index is 1370. The summed E-state index contributed by atoms with van der Waals surface area (Å²) in [6.07, 6.45) is 7.03. The number of allylic oxidation sites excluding steroid dienone is 2. The number of aromatic nitrogens is 5. The number of fused-ring (bicyclic) bond motifs is 1. The Morgan fingerprint density at radius 1 is 1.23 bits per heavy atom. The lowest BCUT2D eigenvalue weighted by atomic mass is 10.1. The average Bonchev–Trinajstić information content (AvgIpc) is 3.23. The molecule has 0 aromatic carbocycles. The number of imidazole rings is 1. The second-order valence-corrected chi connectivity index (χ2v) is 9.07. The van der Waals surface area contributed by atoms with Crippen LogP contribution in [0.25, 0.3) is 11.2 Å². The van der Waals surface area contributed by atoms with Gasteiger partial charge in [0, 0.05) is 45.1 Å². The zero-order valence-corrected chi connectivity index (χ0v) is 20.3. The number of carbonyl (C=O) groups excluding carboxylic acids is 1. The lowest BCUT2D eigenvalue weighted by molar-refractivity contribution is -0.145. The Morgan fingerprint density at radius 2 is 1.97 bits per heavy atom. The number of esters is 1. The van der Waals surface area contributed by atoms with Crippen LogP contribution in [0.4, 0.5) is 5.95 Å². The number of carbonyl (C=O) groups is 1. The van der Waals surface area contributed by atoms with Gasteiger partial charge in [0.25, 0.3) is 5.56 Å². The first kappa shape index (κ1) is 24.4. The van der Waals surface area contributed by atoms with E-state index in [9.17, 15) is 14.4 Å². The standard InChI is InChI=1S/C24H31N7O4/c1-16(2)8-12-30-20-21(27-23(30)29-11-4-5-18(25)13-29)28(3)24(34)31(22(20)33)14-19(32)35-15-17-6-9-26-10-7-17/h6-10,18H,4-5,11-15,25H2,1-3H3. The van der Waals surface area contributed by atoms with Crippen molar-refractivity contribution < 1.29 is 9.53 Å². The molecule has 1 unspecified atom stereocenters. The molecule has 4 heterocycles. The molecule has 4 rings (SSSR count). The van der Waals surface area contributed by atoms with Crippen molar-refractivity contribution in [1.29, 1.82) is 0 Å². The number of pyridine rings is 1. The lowest BCUT2D eigenvalue weighted by Crippen LogP contribution is -2.44. The second-order valence-electron chi connectivity index (χ2n) is 9.07. The fraction of sp³-hybridized carbons (Fsp3) is 0.458. The van der Waals surface area contributed by atoms with E-state index in [4.69, 9.17) is 15.5 Å². The first-order valence-electron chi connectivity index (χ1n) is 11.6. The Kier molecular flexibility index (Phi) is 7.15. The summed E-state index contributed by atoms with van der Waals surface area (Å²) in [4.78, 5) is 49.8. The average molecular weight is 482 g/mol. The maximum Gasteiger partial charge on any atom is 0.333 e. The van der Waals surface area contributed by atoms with Gasteiger partial charge in [-0.2, -0.15) is 4.98 Å². The molecule has 0 spiro atoms. The van der Waals surface area contributed by atoms with Gasteiger partial charge in [0.1, 0.15) is 13.2 Å². The van der Waals surface area contributed by atoms with Gasteiger partial charge in [-0.05, 0) is 44.4 Å². The molecule has 1 saturated heterocycles. The van der Waals surface area contributed by atoms with Crippen LogP contribution in [0.15, 0.2) is 45.8 Å². The first-order chi connectivity index (χ1) is 16.8. The molecule has 35 heavy (non-hydrogen) atoms. The Labute approximate surface area is 202 Å². The van der Waals surface area contributed by atoms with Crippen LogP contribution in [0.3, 0.4) is 0 Å². The predicted octanol–water partition coefficient (Wildman–Crippen LogP) is 0.929. The van der Waals surface area contributed by atoms with Crippen LogP contribution in [0.2, 0.25) is 0 Å². The molecule has 3 aromatic heterocycles. The topological polar surface area (TPSA) is 130 Å². The largest absolute Gasteiger partial charge is 0.459 e. The number of hydrogen-bond donors (Lipinski definition) is 1. The Balaban J connectivity index is 1.74. The van der Waals surface area contributed by atoms with Crippen LogP contribution >= 0.6 is 0 Å². The summed E-state index contributed by atoms with van der Waals surface area (Å²) in [5, 5.41) is 0. The predicted molar refractivity (Wildman–Crippen MR) is 132 cm³/mol. The minimum atomic E-state index is -0.682. The van der Waals surface area contributed by atoms with Crippen LogP contribution in [0.5, 0.6) is 0 Å². The molecule has 2 N–H and O–H groups in total. The Hall–Kier alpha value is -3.73. The monoisotopic (exact) mass is 481 g/mol. The first-order valence-corrected chi connectivity index (χ1v) is 11.6. The summed E-state index contributed by atoms with van der Waals surface area (Å²) in [5.41, 5.74) is 7.37. The summed E-state index contributed by atoms with van der Waals surface area (Å²) in [7, 11) is 1.55. The van der Waals surface area contributed by atoms with Gasteiger partial charge < -0.3 is 19.9 Å². The number of rotatable bonds is 7. The number of aryl methyl sites for hydroxylation is 1. The SMILES string of the molecule is CC(C)=CCn1c(N2CCCC(N)C2)nc2c1c(=O)n(CC(=O)OCc1ccncc1)c(=O)n2C. The van der Waals surface area contributed by atoms with Crippen molar-refractivity contribution in [3.63, 3.8) is 0 Å². The van der Waals surface area contributed by atoms with Crippen molar-refractivity contribution in [1.82, 2.24) is 23.7 Å². The van der Waals surface area contributed by atoms with E-state index < -0.39 is 23.8 Å². The Morgan fingerprint density at radius 3 is 2.66 bits per heavy atom. The fourth-order valence-corrected chi connectivity index (χ4v) is 4.20. The summed E-state index contributed by atoms with van der Waals surface area (Å²) < 4.78 is 9.30. The molecular formula is C24H31N7O4. The van der Waals surface area contributed by atoms with Crippen LogP contribution in [0, 0.1) is 0 Å². The third kappa shape index (κ3) is 5.19. The number of piperidine rings is 1. The molecule has 0 amide bonds. The summed E-state index contributed by atoms with van der Waals surface area (Å²) in [6, 6.07) is 3.46. The summed E-state index contributed by atoms with van der Waals surface area (Å²) >= 11 is 0. The molecular weight excluding hydrogens is 450 g/mol. The second kappa shape index (κ2) is 10.3. The van der Waals surface area contributed by atoms with Gasteiger partial charge in [-0.1, -0.05) is 11.6 Å². The highest BCUT2D eigenvalue weighted by Gasteiger charge is 2.26. The van der Waals surface area contributed by atoms with Gasteiger partial charge >= 0.3 is 11.7 Å². The van der Waals surface area contributed by atoms with Gasteiger partial charge in [0.2, 0.25) is 5.95 Å². The molecule has 1 aliphatic rings. The van der Waals surface area contributed by atoms with Crippen molar-refractivity contribution in [2.45, 2.75) is 52.4 Å². The van der Waals surface area contributed by atoms with Crippen LogP contribution in [-0.2, 0) is 36.3 Å². The van der Waals surface area contributed by atoms with E-state index in [0.717, 1.165) is 35.1 Å². The highest BCUT2D eigenvalue weighted by Crippen LogP contribution is 2.23. The number of nitrogens with zero attached hydrogens (tertiary/aromatic N) is 6. The van der Waals surface area contributed by atoms with Gasteiger partial charge in [0.15, 0.2) is 11.2 Å². The lowest BCUT2D eigenvalue weighted by Gasteiger charge is -2.31. The van der Waals surface area contributed by atoms with E-state index in [0.29, 0.717) is 19.0 Å². The molecule has 11 nitrogen and oxygen atoms in total. The fourth-order valence-electron chi connectivity index (χ4n) is 4.20. The van der Waals surface area contributed by atoms with Gasteiger partial charge in [0.05, 0.1) is 0 Å². The van der Waals surface area contributed by atoms with Crippen molar-refractivity contribution in [3.8, 4) is 0 Å². The van der Waals surface area contributed by atoms with Gasteiger partial charge in [-0.3, -0.25) is 19.1 Å². The number of hydrogen-bond acceptors (Lipinski definition) is 8. The molecule has 1 fully saturated rings. The number of nitrogens with two attached hydrogens (primary N) is 1. The number of anilines is 1. The van der Waals surface area contributed by atoms with E-state index in [1.807, 2.05) is 19.9 Å². The number of ether oxygens (including phenoxy) is 1. The minimum absolute atomic E-state index is 0.0103. The molecule has 1 aliphatic heterocycles. The minimum Gasteiger partial charge on any atom is -0.459 e. The van der Waals surface area contributed by atoms with E-state index in [1.165, 1.54) is 4.57 Å². The highest BCUT2D eigenvalue weighted by atomic mass is 16.5. The summed E-state index contributed by atoms with van der Waals surface area (Å²) in [6.45, 7) is 5.25.